The number of carbonyl (C=O) groups excluding carboxylic acids is 1. The molecule has 1 unspecified atom stereocenters. The zero-order valence-electron chi connectivity index (χ0n) is 11.6. The van der Waals surface area contributed by atoms with Gasteiger partial charge in [-0.25, -0.2) is 4.98 Å². The zero-order valence-corrected chi connectivity index (χ0v) is 13.2. The molecule has 1 aliphatic rings. The summed E-state index contributed by atoms with van der Waals surface area (Å²) >= 11 is 3.20. The Morgan fingerprint density at radius 1 is 1.62 bits per heavy atom. The van der Waals surface area contributed by atoms with Gasteiger partial charge in [-0.15, -0.1) is 0 Å². The number of halogens is 1. The lowest BCUT2D eigenvalue weighted by molar-refractivity contribution is -0.384. The van der Waals surface area contributed by atoms with Crippen LogP contribution in [0.2, 0.25) is 0 Å². The summed E-state index contributed by atoms with van der Waals surface area (Å²) in [5, 5.41) is 11.2. The first-order valence-electron chi connectivity index (χ1n) is 6.66. The molecule has 114 valence electrons. The normalized spacial score (nSPS) is 18.4. The Bertz CT molecular complexity index is 552. The molecular weight excluding hydrogens is 342 g/mol. The third kappa shape index (κ3) is 3.69. The predicted molar refractivity (Wildman–Crippen MR) is 80.2 cm³/mol. The van der Waals surface area contributed by atoms with Crippen LogP contribution in [0.1, 0.15) is 25.7 Å². The van der Waals surface area contributed by atoms with Crippen LogP contribution in [0.5, 0.6) is 0 Å². The summed E-state index contributed by atoms with van der Waals surface area (Å²) in [6.45, 7) is 0.650. The second kappa shape index (κ2) is 6.84. The second-order valence-electron chi connectivity index (χ2n) is 4.88. The Morgan fingerprint density at radius 2 is 2.38 bits per heavy atom. The van der Waals surface area contributed by atoms with Crippen molar-refractivity contribution in [3.8, 4) is 0 Å². The van der Waals surface area contributed by atoms with Gasteiger partial charge in [0, 0.05) is 29.3 Å². The van der Waals surface area contributed by atoms with Crippen molar-refractivity contribution in [1.29, 1.82) is 0 Å². The number of hydrogen-bond donors (Lipinski definition) is 0. The van der Waals surface area contributed by atoms with E-state index in [2.05, 4.69) is 20.9 Å². The molecule has 0 spiro atoms. The summed E-state index contributed by atoms with van der Waals surface area (Å²) in [5.74, 6) is 0.00321. The lowest BCUT2D eigenvalue weighted by Crippen LogP contribution is -2.41. The molecule has 0 radical (unpaired) electrons. The third-order valence-electron chi connectivity index (χ3n) is 3.54. The van der Waals surface area contributed by atoms with Gasteiger partial charge in [0.2, 0.25) is 5.82 Å². The summed E-state index contributed by atoms with van der Waals surface area (Å²) in [4.78, 5) is 28.3. The number of methoxy groups -OCH3 is 1. The van der Waals surface area contributed by atoms with Crippen LogP contribution in [-0.4, -0.2) is 35.6 Å². The van der Waals surface area contributed by atoms with E-state index >= 15 is 0 Å². The van der Waals surface area contributed by atoms with Gasteiger partial charge in [0.25, 0.3) is 0 Å². The maximum absolute atomic E-state index is 11.5. The van der Waals surface area contributed by atoms with Crippen LogP contribution in [0.3, 0.4) is 0 Å². The van der Waals surface area contributed by atoms with E-state index in [-0.39, 0.29) is 24.1 Å². The van der Waals surface area contributed by atoms with Crippen LogP contribution in [-0.2, 0) is 9.53 Å². The fourth-order valence-corrected chi connectivity index (χ4v) is 2.86. The molecule has 8 heteroatoms. The quantitative estimate of drug-likeness (QED) is 0.467. The number of aromatic nitrogens is 1. The van der Waals surface area contributed by atoms with E-state index < -0.39 is 4.92 Å². The Balaban J connectivity index is 2.33. The van der Waals surface area contributed by atoms with E-state index in [0.717, 1.165) is 19.3 Å². The van der Waals surface area contributed by atoms with Gasteiger partial charge in [-0.05, 0) is 35.2 Å². The van der Waals surface area contributed by atoms with Crippen LogP contribution in [0.25, 0.3) is 0 Å². The standard InChI is InChI=1S/C13H16BrN3O4/c1-21-12(18)7-10-4-2-3-5-16(10)13-11(17(19)20)6-9(14)8-15-13/h6,8,10H,2-5,7H2,1H3. The number of nitro groups is 1. The average Bonchev–Trinajstić information content (AvgIpc) is 2.47. The molecule has 0 bridgehead atoms. The molecule has 0 N–H and O–H groups in total. The molecule has 0 saturated carbocycles. The summed E-state index contributed by atoms with van der Waals surface area (Å²) < 4.78 is 5.26. The van der Waals surface area contributed by atoms with Gasteiger partial charge in [0.1, 0.15) is 0 Å². The number of pyridine rings is 1. The Hall–Kier alpha value is -1.70. The number of nitrogens with zero attached hydrogens (tertiary/aromatic N) is 3. The predicted octanol–water partition coefficient (Wildman–Crippen LogP) is 2.67. The number of ether oxygens (including phenoxy) is 1. The van der Waals surface area contributed by atoms with Crippen LogP contribution < -0.4 is 4.90 Å². The highest BCUT2D eigenvalue weighted by molar-refractivity contribution is 9.10. The molecule has 0 aromatic carbocycles. The topological polar surface area (TPSA) is 85.6 Å². The smallest absolute Gasteiger partial charge is 0.312 e. The lowest BCUT2D eigenvalue weighted by atomic mass is 9.99. The van der Waals surface area contributed by atoms with E-state index in [1.165, 1.54) is 19.4 Å². The monoisotopic (exact) mass is 357 g/mol. The average molecular weight is 358 g/mol. The van der Waals surface area contributed by atoms with Crippen LogP contribution in [0.15, 0.2) is 16.7 Å². The van der Waals surface area contributed by atoms with Gasteiger partial charge >= 0.3 is 11.7 Å². The fraction of sp³-hybridized carbons (Fsp3) is 0.538. The lowest BCUT2D eigenvalue weighted by Gasteiger charge is -2.35. The van der Waals surface area contributed by atoms with Crippen LogP contribution in [0, 0.1) is 10.1 Å². The maximum atomic E-state index is 11.5. The van der Waals surface area contributed by atoms with Crippen molar-refractivity contribution in [2.75, 3.05) is 18.6 Å². The minimum atomic E-state index is -0.448. The number of hydrogen-bond acceptors (Lipinski definition) is 6. The molecule has 1 fully saturated rings. The molecule has 21 heavy (non-hydrogen) atoms. The molecule has 0 amide bonds. The van der Waals surface area contributed by atoms with E-state index in [9.17, 15) is 14.9 Å². The number of anilines is 1. The molecule has 2 rings (SSSR count). The molecule has 1 aromatic rings. The molecule has 1 aromatic heterocycles. The summed E-state index contributed by atoms with van der Waals surface area (Å²) in [6.07, 6.45) is 4.45. The van der Waals surface area contributed by atoms with Crippen LogP contribution >= 0.6 is 15.9 Å². The minimum Gasteiger partial charge on any atom is -0.469 e. The number of rotatable bonds is 4. The van der Waals surface area contributed by atoms with Gasteiger partial charge in [-0.2, -0.15) is 0 Å². The Labute approximate surface area is 130 Å². The molecule has 1 saturated heterocycles. The first kappa shape index (κ1) is 15.7. The van der Waals surface area contributed by atoms with Gasteiger partial charge in [-0.1, -0.05) is 0 Å². The summed E-state index contributed by atoms with van der Waals surface area (Å²) in [6, 6.07) is 1.32. The van der Waals surface area contributed by atoms with Gasteiger partial charge in [0.05, 0.1) is 18.5 Å². The van der Waals surface area contributed by atoms with Gasteiger partial charge in [0.15, 0.2) is 0 Å². The first-order chi connectivity index (χ1) is 10.0. The van der Waals surface area contributed by atoms with E-state index in [1.807, 2.05) is 4.90 Å². The third-order valence-corrected chi connectivity index (χ3v) is 3.97. The molecule has 1 atom stereocenters. The first-order valence-corrected chi connectivity index (χ1v) is 7.45. The van der Waals surface area contributed by atoms with Crippen molar-refractivity contribution in [3.05, 3.63) is 26.9 Å². The van der Waals surface area contributed by atoms with Crippen molar-refractivity contribution in [3.63, 3.8) is 0 Å². The SMILES string of the molecule is COC(=O)CC1CCCCN1c1ncc(Br)cc1[N+](=O)[O-]. The maximum Gasteiger partial charge on any atom is 0.312 e. The molecular formula is C13H16BrN3O4. The zero-order chi connectivity index (χ0) is 15.4. The minimum absolute atomic E-state index is 0.0545. The summed E-state index contributed by atoms with van der Waals surface area (Å²) in [5.41, 5.74) is -0.0545. The number of piperidine rings is 1. The van der Waals surface area contributed by atoms with E-state index in [0.29, 0.717) is 16.8 Å². The van der Waals surface area contributed by atoms with Crippen molar-refractivity contribution < 1.29 is 14.5 Å². The van der Waals surface area contributed by atoms with E-state index in [1.54, 1.807) is 0 Å². The second-order valence-corrected chi connectivity index (χ2v) is 5.79. The molecule has 0 aliphatic carbocycles. The van der Waals surface area contributed by atoms with Gasteiger partial charge in [-0.3, -0.25) is 14.9 Å². The molecule has 2 heterocycles. The van der Waals surface area contributed by atoms with Crippen molar-refractivity contribution >= 4 is 33.4 Å². The van der Waals surface area contributed by atoms with Crippen molar-refractivity contribution in [2.24, 2.45) is 0 Å². The highest BCUT2D eigenvalue weighted by Gasteiger charge is 2.31. The van der Waals surface area contributed by atoms with Crippen molar-refractivity contribution in [1.82, 2.24) is 4.98 Å². The number of esters is 1. The fourth-order valence-electron chi connectivity index (χ4n) is 2.54. The Kier molecular flexibility index (Phi) is 5.11. The largest absolute Gasteiger partial charge is 0.469 e. The highest BCUT2D eigenvalue weighted by Crippen LogP contribution is 2.33. The summed E-state index contributed by atoms with van der Waals surface area (Å²) in [7, 11) is 1.34. The van der Waals surface area contributed by atoms with Crippen molar-refractivity contribution in [2.45, 2.75) is 31.7 Å². The Morgan fingerprint density at radius 3 is 3.05 bits per heavy atom. The molecule has 1 aliphatic heterocycles. The van der Waals surface area contributed by atoms with Crippen LogP contribution in [0.4, 0.5) is 11.5 Å². The number of carbonyl (C=O) groups is 1. The highest BCUT2D eigenvalue weighted by atomic mass is 79.9. The molecule has 7 nitrogen and oxygen atoms in total. The van der Waals surface area contributed by atoms with Gasteiger partial charge < -0.3 is 9.64 Å². The van der Waals surface area contributed by atoms with E-state index in [4.69, 9.17) is 4.74 Å².